The summed E-state index contributed by atoms with van der Waals surface area (Å²) in [5, 5.41) is 19.3. The summed E-state index contributed by atoms with van der Waals surface area (Å²) in [7, 11) is 0. The minimum atomic E-state index is -1.21. The SMILES string of the molecule is CCOc1cc(C(=O)C(CCCN)C(=O)O)cc(O)c1OCC. The van der Waals surface area contributed by atoms with Crippen molar-refractivity contribution >= 4 is 11.8 Å². The van der Waals surface area contributed by atoms with Gasteiger partial charge in [0.2, 0.25) is 5.75 Å². The van der Waals surface area contributed by atoms with Gasteiger partial charge in [0.1, 0.15) is 5.92 Å². The number of aliphatic carboxylic acids is 1. The Morgan fingerprint density at radius 3 is 2.39 bits per heavy atom. The van der Waals surface area contributed by atoms with Crippen molar-refractivity contribution in [3.63, 3.8) is 0 Å². The molecular formula is C16H23NO6. The minimum absolute atomic E-state index is 0.0684. The smallest absolute Gasteiger partial charge is 0.314 e. The number of nitrogens with two attached hydrogens (primary N) is 1. The van der Waals surface area contributed by atoms with Crippen LogP contribution in [0.25, 0.3) is 0 Å². The third kappa shape index (κ3) is 4.85. The zero-order chi connectivity index (χ0) is 17.4. The predicted octanol–water partition coefficient (Wildman–Crippen LogP) is 1.81. The summed E-state index contributed by atoms with van der Waals surface area (Å²) in [6.45, 7) is 4.43. The average Bonchev–Trinajstić information content (AvgIpc) is 2.50. The first kappa shape index (κ1) is 18.8. The molecule has 4 N–H and O–H groups in total. The molecule has 1 atom stereocenters. The van der Waals surface area contributed by atoms with E-state index in [1.54, 1.807) is 13.8 Å². The Bertz CT molecular complexity index is 558. The second-order valence-electron chi connectivity index (χ2n) is 4.87. The van der Waals surface area contributed by atoms with Gasteiger partial charge in [0.05, 0.1) is 13.2 Å². The Hall–Kier alpha value is -2.28. The zero-order valence-corrected chi connectivity index (χ0v) is 13.4. The minimum Gasteiger partial charge on any atom is -0.504 e. The van der Waals surface area contributed by atoms with Gasteiger partial charge in [0.15, 0.2) is 17.3 Å². The van der Waals surface area contributed by atoms with Gasteiger partial charge in [-0.1, -0.05) is 0 Å². The molecule has 0 amide bonds. The van der Waals surface area contributed by atoms with Gasteiger partial charge < -0.3 is 25.4 Å². The molecule has 0 aliphatic heterocycles. The summed E-state index contributed by atoms with van der Waals surface area (Å²) in [4.78, 5) is 23.7. The van der Waals surface area contributed by atoms with Crippen LogP contribution in [0.4, 0.5) is 0 Å². The third-order valence-electron chi connectivity index (χ3n) is 3.22. The number of aromatic hydroxyl groups is 1. The van der Waals surface area contributed by atoms with Gasteiger partial charge in [0.25, 0.3) is 0 Å². The lowest BCUT2D eigenvalue weighted by atomic mass is 9.93. The van der Waals surface area contributed by atoms with Crippen molar-refractivity contribution in [1.29, 1.82) is 0 Å². The van der Waals surface area contributed by atoms with Gasteiger partial charge in [-0.3, -0.25) is 9.59 Å². The summed E-state index contributed by atoms with van der Waals surface area (Å²) in [6, 6.07) is 2.60. The molecule has 1 aromatic carbocycles. The maximum atomic E-state index is 12.4. The molecule has 0 fully saturated rings. The van der Waals surface area contributed by atoms with Crippen LogP contribution in [-0.2, 0) is 4.79 Å². The lowest BCUT2D eigenvalue weighted by Gasteiger charge is -2.16. The number of carbonyl (C=O) groups excluding carboxylic acids is 1. The van der Waals surface area contributed by atoms with Gasteiger partial charge in [-0.25, -0.2) is 0 Å². The lowest BCUT2D eigenvalue weighted by Crippen LogP contribution is -2.25. The normalized spacial score (nSPS) is 11.8. The summed E-state index contributed by atoms with van der Waals surface area (Å²) in [6.07, 6.45) is 0.562. The van der Waals surface area contributed by atoms with E-state index in [2.05, 4.69) is 0 Å². The van der Waals surface area contributed by atoms with E-state index in [0.29, 0.717) is 26.2 Å². The summed E-state index contributed by atoms with van der Waals surface area (Å²) in [5.74, 6) is -2.92. The number of ketones is 1. The third-order valence-corrected chi connectivity index (χ3v) is 3.22. The van der Waals surface area contributed by atoms with Crippen molar-refractivity contribution in [3.05, 3.63) is 17.7 Å². The number of carboxylic acids is 1. The highest BCUT2D eigenvalue weighted by Crippen LogP contribution is 2.38. The molecule has 7 nitrogen and oxygen atoms in total. The van der Waals surface area contributed by atoms with Crippen LogP contribution in [0.3, 0.4) is 0 Å². The quantitative estimate of drug-likeness (QED) is 0.443. The van der Waals surface area contributed by atoms with Gasteiger partial charge in [-0.2, -0.15) is 0 Å². The standard InChI is InChI=1S/C16H23NO6/c1-3-22-13-9-10(8-12(18)15(13)23-4-2)14(19)11(16(20)21)6-5-7-17/h8-9,11,18H,3-7,17H2,1-2H3,(H,20,21). The number of Topliss-reactive ketones (excluding diaryl/α,β-unsaturated/α-hetero) is 1. The van der Waals surface area contributed by atoms with Crippen molar-refractivity contribution in [1.82, 2.24) is 0 Å². The highest BCUT2D eigenvalue weighted by Gasteiger charge is 2.28. The van der Waals surface area contributed by atoms with Crippen molar-refractivity contribution in [2.24, 2.45) is 11.7 Å². The molecule has 0 saturated heterocycles. The average molecular weight is 325 g/mol. The fraction of sp³-hybridized carbons (Fsp3) is 0.500. The van der Waals surface area contributed by atoms with Gasteiger partial charge >= 0.3 is 5.97 Å². The van der Waals surface area contributed by atoms with E-state index in [0.717, 1.165) is 0 Å². The van der Waals surface area contributed by atoms with Crippen LogP contribution in [0.1, 0.15) is 37.0 Å². The Morgan fingerprint density at radius 1 is 1.22 bits per heavy atom. The molecule has 0 spiro atoms. The molecule has 0 aromatic heterocycles. The first-order valence-corrected chi connectivity index (χ1v) is 7.55. The number of carboxylic acid groups (broad SMARTS) is 1. The number of benzene rings is 1. The van der Waals surface area contributed by atoms with Crippen LogP contribution in [0.15, 0.2) is 12.1 Å². The highest BCUT2D eigenvalue weighted by atomic mass is 16.5. The van der Waals surface area contributed by atoms with Gasteiger partial charge in [0, 0.05) is 5.56 Å². The van der Waals surface area contributed by atoms with Gasteiger partial charge in [-0.05, 0) is 45.4 Å². The summed E-state index contributed by atoms with van der Waals surface area (Å²) < 4.78 is 10.7. The summed E-state index contributed by atoms with van der Waals surface area (Å²) in [5.41, 5.74) is 5.44. The first-order chi connectivity index (χ1) is 11.0. The van der Waals surface area contributed by atoms with Gasteiger partial charge in [-0.15, -0.1) is 0 Å². The topological polar surface area (TPSA) is 119 Å². The fourth-order valence-corrected chi connectivity index (χ4v) is 2.17. The van der Waals surface area contributed by atoms with Crippen LogP contribution >= 0.6 is 0 Å². The van der Waals surface area contributed by atoms with E-state index in [-0.39, 0.29) is 29.2 Å². The fourth-order valence-electron chi connectivity index (χ4n) is 2.17. The molecule has 0 bridgehead atoms. The molecule has 0 saturated carbocycles. The van der Waals surface area contributed by atoms with E-state index in [4.69, 9.17) is 15.2 Å². The Kier molecular flexibility index (Phi) is 7.34. The number of phenolic OH excluding ortho intramolecular Hbond substituents is 1. The van der Waals surface area contributed by atoms with E-state index in [1.807, 2.05) is 0 Å². The summed E-state index contributed by atoms with van der Waals surface area (Å²) >= 11 is 0. The lowest BCUT2D eigenvalue weighted by molar-refractivity contribution is -0.140. The van der Waals surface area contributed by atoms with Crippen LogP contribution in [0.5, 0.6) is 17.2 Å². The Balaban J connectivity index is 3.19. The predicted molar refractivity (Wildman–Crippen MR) is 84.2 cm³/mol. The maximum Gasteiger partial charge on any atom is 0.314 e. The molecule has 0 aliphatic carbocycles. The number of ether oxygens (including phenoxy) is 2. The molecule has 1 rings (SSSR count). The number of rotatable bonds is 10. The van der Waals surface area contributed by atoms with Crippen molar-refractivity contribution < 1.29 is 29.3 Å². The molecular weight excluding hydrogens is 302 g/mol. The molecule has 0 heterocycles. The van der Waals surface area contributed by atoms with E-state index >= 15 is 0 Å². The molecule has 0 aliphatic rings. The van der Waals surface area contributed by atoms with Crippen LogP contribution in [0, 0.1) is 5.92 Å². The second kappa shape index (κ2) is 8.99. The number of hydrogen-bond donors (Lipinski definition) is 3. The Morgan fingerprint density at radius 2 is 1.87 bits per heavy atom. The Labute approximate surface area is 135 Å². The molecule has 1 unspecified atom stereocenters. The monoisotopic (exact) mass is 325 g/mol. The highest BCUT2D eigenvalue weighted by molar-refractivity contribution is 6.08. The molecule has 0 radical (unpaired) electrons. The van der Waals surface area contributed by atoms with Crippen molar-refractivity contribution in [2.45, 2.75) is 26.7 Å². The zero-order valence-electron chi connectivity index (χ0n) is 13.4. The molecule has 7 heteroatoms. The van der Waals surface area contributed by atoms with Crippen molar-refractivity contribution in [2.75, 3.05) is 19.8 Å². The second-order valence-corrected chi connectivity index (χ2v) is 4.87. The van der Waals surface area contributed by atoms with Crippen molar-refractivity contribution in [3.8, 4) is 17.2 Å². The largest absolute Gasteiger partial charge is 0.504 e. The molecule has 1 aromatic rings. The van der Waals surface area contributed by atoms with Crippen LogP contribution < -0.4 is 15.2 Å². The van der Waals surface area contributed by atoms with Crippen LogP contribution in [-0.4, -0.2) is 41.7 Å². The van der Waals surface area contributed by atoms with E-state index in [9.17, 15) is 19.8 Å². The molecule has 128 valence electrons. The number of hydrogen-bond acceptors (Lipinski definition) is 6. The van der Waals surface area contributed by atoms with E-state index < -0.39 is 17.7 Å². The van der Waals surface area contributed by atoms with E-state index in [1.165, 1.54) is 12.1 Å². The molecule has 23 heavy (non-hydrogen) atoms. The first-order valence-electron chi connectivity index (χ1n) is 7.55. The maximum absolute atomic E-state index is 12.4. The number of carbonyl (C=O) groups is 2. The van der Waals surface area contributed by atoms with Crippen LogP contribution in [0.2, 0.25) is 0 Å². The number of phenols is 1.